The molecule has 6 aromatic carbocycles. The lowest BCUT2D eigenvalue weighted by Gasteiger charge is -2.22. The number of benzene rings is 6. The number of aromatic nitrogens is 2. The van der Waals surface area contributed by atoms with E-state index in [1.54, 1.807) is 6.08 Å². The predicted molar refractivity (Wildman–Crippen MR) is 209 cm³/mol. The summed E-state index contributed by atoms with van der Waals surface area (Å²) in [7, 11) is 0. The first-order valence-electron chi connectivity index (χ1n) is 16.6. The number of allylic oxidation sites excluding steroid dienone is 1. The summed E-state index contributed by atoms with van der Waals surface area (Å²) in [6.07, 6.45) is 4.69. The Kier molecular flexibility index (Phi) is 8.08. The van der Waals surface area contributed by atoms with Crippen molar-refractivity contribution in [3.8, 4) is 5.69 Å². The average Bonchev–Trinajstić information content (AvgIpc) is 3.67. The Morgan fingerprint density at radius 3 is 1.90 bits per heavy atom. The highest BCUT2D eigenvalue weighted by molar-refractivity contribution is 6.20. The zero-order valence-corrected chi connectivity index (χ0v) is 27.3. The number of amidine groups is 1. The summed E-state index contributed by atoms with van der Waals surface area (Å²) in [4.78, 5) is 10.0. The van der Waals surface area contributed by atoms with E-state index in [0.29, 0.717) is 11.5 Å². The van der Waals surface area contributed by atoms with Crippen LogP contribution >= 0.6 is 0 Å². The molecule has 0 saturated carbocycles. The standard InChI is InChI=1S/C43H35N7/c44-25-24-36(42(41(45)29-14-4-1-5-15-29)48-43(46)30-16-6-2-7-17-30)47-28-49-37-22-12-10-20-32(37)34-26-35-33-21-11-13-23-38(33)50(40(35)27-39(34)49)31-18-8-3-9-19-31/h1-28,41-42,44H,45H2,(H2,46,48)/b36-24-,44-25?,47-28+. The third-order valence-corrected chi connectivity index (χ3v) is 9.27. The molecule has 2 heterocycles. The van der Waals surface area contributed by atoms with Crippen molar-refractivity contribution in [2.45, 2.75) is 12.1 Å². The van der Waals surface area contributed by atoms with Gasteiger partial charge in [-0.05, 0) is 48.0 Å². The fraction of sp³-hybridized carbons (Fsp3) is 0.0465. The molecule has 8 rings (SSSR count). The maximum atomic E-state index is 8.08. The lowest BCUT2D eigenvalue weighted by molar-refractivity contribution is 0.608. The normalized spacial score (nSPS) is 13.9. The third-order valence-electron chi connectivity index (χ3n) is 9.27. The van der Waals surface area contributed by atoms with Gasteiger partial charge in [-0.1, -0.05) is 115 Å². The van der Waals surface area contributed by atoms with Crippen LogP contribution in [0, 0.1) is 5.41 Å². The van der Waals surface area contributed by atoms with E-state index in [2.05, 4.69) is 88.0 Å². The van der Waals surface area contributed by atoms with Crippen molar-refractivity contribution < 1.29 is 0 Å². The van der Waals surface area contributed by atoms with Crippen LogP contribution in [0.25, 0.3) is 49.3 Å². The van der Waals surface area contributed by atoms with Crippen LogP contribution in [-0.2, 0) is 0 Å². The van der Waals surface area contributed by atoms with E-state index in [-0.39, 0.29) is 0 Å². The average molecular weight is 650 g/mol. The number of hydrogen-bond donors (Lipinski definition) is 3. The number of hydrogen-bond acceptors (Lipinski definition) is 4. The van der Waals surface area contributed by atoms with E-state index in [9.17, 15) is 0 Å². The number of nitrogens with two attached hydrogens (primary N) is 2. The van der Waals surface area contributed by atoms with Gasteiger partial charge in [0.25, 0.3) is 0 Å². The largest absolute Gasteiger partial charge is 0.383 e. The Hall–Kier alpha value is -6.57. The third kappa shape index (κ3) is 5.45. The molecule has 0 aliphatic rings. The molecule has 0 fully saturated rings. The molecule has 0 radical (unpaired) electrons. The van der Waals surface area contributed by atoms with Crippen molar-refractivity contribution in [1.29, 1.82) is 5.41 Å². The minimum Gasteiger partial charge on any atom is -0.383 e. The molecule has 0 aliphatic heterocycles. The second kappa shape index (κ2) is 13.1. The van der Waals surface area contributed by atoms with Gasteiger partial charge in [0.05, 0.1) is 40.1 Å². The number of fused-ring (bicyclic) bond motifs is 6. The van der Waals surface area contributed by atoms with Gasteiger partial charge in [0.2, 0.25) is 0 Å². The molecule has 0 amide bonds. The SMILES string of the molecule is N=C/C=C(\N=C\n1c2ccccc2c2cc3c4ccccc4n(-c4ccccc4)c3cc21)C(/N=C(\N)c1ccccc1)C(N)c1ccccc1. The van der Waals surface area contributed by atoms with Crippen LogP contribution in [0.3, 0.4) is 0 Å². The van der Waals surface area contributed by atoms with Gasteiger partial charge in [0.15, 0.2) is 0 Å². The van der Waals surface area contributed by atoms with Crippen molar-refractivity contribution in [1.82, 2.24) is 9.13 Å². The van der Waals surface area contributed by atoms with Crippen molar-refractivity contribution >= 4 is 62.0 Å². The molecule has 0 aliphatic carbocycles. The molecule has 8 aromatic rings. The van der Waals surface area contributed by atoms with Crippen molar-refractivity contribution in [3.63, 3.8) is 0 Å². The van der Waals surface area contributed by atoms with Gasteiger partial charge in [0.1, 0.15) is 11.9 Å². The highest BCUT2D eigenvalue weighted by Gasteiger charge is 2.24. The minimum absolute atomic E-state index is 0.348. The van der Waals surface area contributed by atoms with Gasteiger partial charge < -0.3 is 21.4 Å². The van der Waals surface area contributed by atoms with Crippen molar-refractivity contribution in [2.75, 3.05) is 0 Å². The molecular weight excluding hydrogens is 615 g/mol. The summed E-state index contributed by atoms with van der Waals surface area (Å²) in [6, 6.07) is 50.1. The zero-order chi connectivity index (χ0) is 34.0. The quantitative estimate of drug-likeness (QED) is 0.107. The second-order valence-electron chi connectivity index (χ2n) is 12.2. The topological polar surface area (TPSA) is 110 Å². The van der Waals surface area contributed by atoms with Crippen LogP contribution in [0.2, 0.25) is 0 Å². The van der Waals surface area contributed by atoms with Crippen LogP contribution in [0.5, 0.6) is 0 Å². The van der Waals surface area contributed by atoms with Crippen LogP contribution < -0.4 is 11.5 Å². The van der Waals surface area contributed by atoms with E-state index >= 15 is 0 Å². The van der Waals surface area contributed by atoms with E-state index in [1.807, 2.05) is 79.1 Å². The molecule has 50 heavy (non-hydrogen) atoms. The van der Waals surface area contributed by atoms with E-state index < -0.39 is 12.1 Å². The predicted octanol–water partition coefficient (Wildman–Crippen LogP) is 8.78. The molecule has 0 bridgehead atoms. The zero-order valence-electron chi connectivity index (χ0n) is 27.3. The van der Waals surface area contributed by atoms with E-state index in [0.717, 1.165) is 49.7 Å². The summed E-state index contributed by atoms with van der Waals surface area (Å²) < 4.78 is 4.43. The number of para-hydroxylation sites is 3. The van der Waals surface area contributed by atoms with Gasteiger partial charge in [-0.2, -0.15) is 0 Å². The van der Waals surface area contributed by atoms with E-state index in [4.69, 9.17) is 26.9 Å². The maximum absolute atomic E-state index is 8.08. The van der Waals surface area contributed by atoms with Crippen LogP contribution in [0.1, 0.15) is 17.2 Å². The minimum atomic E-state index is -0.670. The lowest BCUT2D eigenvalue weighted by Crippen LogP contribution is -2.29. The van der Waals surface area contributed by atoms with Gasteiger partial charge in [-0.25, -0.2) is 4.99 Å². The van der Waals surface area contributed by atoms with Crippen LogP contribution in [-0.4, -0.2) is 33.6 Å². The number of rotatable bonds is 9. The summed E-state index contributed by atoms with van der Waals surface area (Å²) in [5.41, 5.74) is 21.1. The number of nitrogens with one attached hydrogen (secondary N) is 1. The first-order valence-corrected chi connectivity index (χ1v) is 16.6. The fourth-order valence-electron chi connectivity index (χ4n) is 6.89. The Balaban J connectivity index is 1.33. The van der Waals surface area contributed by atoms with Crippen LogP contribution in [0.4, 0.5) is 0 Å². The molecule has 0 saturated heterocycles. The molecule has 2 unspecified atom stereocenters. The molecule has 2 aromatic heterocycles. The van der Waals surface area contributed by atoms with Crippen LogP contribution in [0.15, 0.2) is 173 Å². The molecule has 7 heteroatoms. The Labute approximate surface area is 289 Å². The molecule has 2 atom stereocenters. The highest BCUT2D eigenvalue weighted by Crippen LogP contribution is 2.38. The van der Waals surface area contributed by atoms with E-state index in [1.165, 1.54) is 17.0 Å². The number of aliphatic imine (C=N–C) groups is 2. The number of nitrogens with zero attached hydrogens (tertiary/aromatic N) is 4. The fourth-order valence-corrected chi connectivity index (χ4v) is 6.89. The first kappa shape index (κ1) is 30.7. The van der Waals surface area contributed by atoms with Gasteiger partial charge >= 0.3 is 0 Å². The van der Waals surface area contributed by atoms with Gasteiger partial charge in [0, 0.05) is 39.0 Å². The summed E-state index contributed by atoms with van der Waals surface area (Å²) in [5.74, 6) is 0.348. The summed E-state index contributed by atoms with van der Waals surface area (Å²) in [6.45, 7) is 0. The lowest BCUT2D eigenvalue weighted by atomic mass is 9.97. The summed E-state index contributed by atoms with van der Waals surface area (Å²) >= 11 is 0. The first-order chi connectivity index (χ1) is 24.6. The highest BCUT2D eigenvalue weighted by atomic mass is 15.1. The van der Waals surface area contributed by atoms with Crippen molar-refractivity contribution in [3.05, 3.63) is 175 Å². The Morgan fingerprint density at radius 2 is 1.20 bits per heavy atom. The van der Waals surface area contributed by atoms with Gasteiger partial charge in [-0.3, -0.25) is 9.56 Å². The molecular formula is C43H35N7. The molecule has 0 spiro atoms. The monoisotopic (exact) mass is 649 g/mol. The Morgan fingerprint density at radius 1 is 0.620 bits per heavy atom. The molecule has 242 valence electrons. The summed E-state index contributed by atoms with van der Waals surface area (Å²) in [5, 5.41) is 12.7. The van der Waals surface area contributed by atoms with Gasteiger partial charge in [-0.15, -0.1) is 0 Å². The van der Waals surface area contributed by atoms with Crippen molar-refractivity contribution in [2.24, 2.45) is 21.5 Å². The molecule has 7 nitrogen and oxygen atoms in total. The second-order valence-corrected chi connectivity index (χ2v) is 12.2. The molecule has 5 N–H and O–H groups in total. The smallest absolute Gasteiger partial charge is 0.126 e. The maximum Gasteiger partial charge on any atom is 0.126 e. The Bertz CT molecular complexity index is 2580.